The monoisotopic (exact) mass is 472 g/mol. The van der Waals surface area contributed by atoms with Crippen LogP contribution in [0.4, 0.5) is 18.9 Å². The standard InChI is InChI=1S/C23H23F3N6O2/c1-2-22-9-13(33)7-19(22)32(22)21(34)17-8-16(29-12-23(24,25)26)14(10-28-17)20(27)15-11-30-31-6-4-3-5-18(15)31/h3-6,8,10-11,13,19,27,33H,2,7,9,12H2,1H3,(H,28,29). The van der Waals surface area contributed by atoms with E-state index in [0.29, 0.717) is 30.3 Å². The highest BCUT2D eigenvalue weighted by molar-refractivity contribution is 6.17. The molecule has 11 heteroatoms. The van der Waals surface area contributed by atoms with Gasteiger partial charge in [-0.3, -0.25) is 15.2 Å². The molecular formula is C23H23F3N6O2. The average Bonchev–Trinajstić information content (AvgIpc) is 3.10. The molecule has 3 N–H and O–H groups in total. The number of aliphatic hydroxyl groups is 1. The van der Waals surface area contributed by atoms with Crippen LogP contribution in [0.3, 0.4) is 0 Å². The molecule has 2 fully saturated rings. The minimum atomic E-state index is -4.49. The van der Waals surface area contributed by atoms with Crippen molar-refractivity contribution in [1.82, 2.24) is 19.5 Å². The van der Waals surface area contributed by atoms with Crippen molar-refractivity contribution >= 4 is 22.8 Å². The summed E-state index contributed by atoms with van der Waals surface area (Å²) < 4.78 is 40.6. The molecule has 3 aromatic heterocycles. The molecule has 1 aliphatic heterocycles. The minimum absolute atomic E-state index is 0.00203. The van der Waals surface area contributed by atoms with Crippen molar-refractivity contribution in [3.8, 4) is 0 Å². The van der Waals surface area contributed by atoms with Crippen LogP contribution in [0.1, 0.15) is 47.8 Å². The van der Waals surface area contributed by atoms with Gasteiger partial charge in [-0.15, -0.1) is 0 Å². The number of hydrogen-bond acceptors (Lipinski definition) is 6. The third-order valence-corrected chi connectivity index (χ3v) is 6.83. The Bertz CT molecular complexity index is 1290. The summed E-state index contributed by atoms with van der Waals surface area (Å²) >= 11 is 0. The Morgan fingerprint density at radius 3 is 2.82 bits per heavy atom. The maximum absolute atomic E-state index is 13.2. The fourth-order valence-corrected chi connectivity index (χ4v) is 5.15. The zero-order valence-corrected chi connectivity index (χ0v) is 18.3. The summed E-state index contributed by atoms with van der Waals surface area (Å²) in [5.41, 5.74) is 0.692. The first kappa shape index (κ1) is 22.3. The molecule has 1 amide bonds. The van der Waals surface area contributed by atoms with Crippen LogP contribution in [0, 0.1) is 5.41 Å². The maximum atomic E-state index is 13.2. The molecule has 1 saturated heterocycles. The van der Waals surface area contributed by atoms with E-state index < -0.39 is 24.4 Å². The fraction of sp³-hybridized carbons (Fsp3) is 0.391. The first-order chi connectivity index (χ1) is 16.1. The number of nitrogens with one attached hydrogen (secondary N) is 2. The van der Waals surface area contributed by atoms with Gasteiger partial charge in [-0.2, -0.15) is 18.3 Å². The Labute approximate surface area is 192 Å². The molecule has 1 saturated carbocycles. The van der Waals surface area contributed by atoms with Crippen LogP contribution in [0.25, 0.3) is 5.52 Å². The molecule has 0 bridgehead atoms. The summed E-state index contributed by atoms with van der Waals surface area (Å²) in [6.45, 7) is 0.625. The number of alkyl halides is 3. The molecule has 8 nitrogen and oxygen atoms in total. The number of fused-ring (bicyclic) bond motifs is 2. The lowest BCUT2D eigenvalue weighted by atomic mass is 10.0. The Kier molecular flexibility index (Phi) is 5.12. The number of pyridine rings is 2. The zero-order valence-electron chi connectivity index (χ0n) is 18.3. The number of carbonyl (C=O) groups is 1. The third-order valence-electron chi connectivity index (χ3n) is 6.83. The van der Waals surface area contributed by atoms with Gasteiger partial charge in [0.2, 0.25) is 0 Å². The van der Waals surface area contributed by atoms with Crippen molar-refractivity contribution in [2.24, 2.45) is 0 Å². The van der Waals surface area contributed by atoms with Crippen molar-refractivity contribution < 1.29 is 23.1 Å². The van der Waals surface area contributed by atoms with Gasteiger partial charge >= 0.3 is 6.18 Å². The lowest BCUT2D eigenvalue weighted by Gasteiger charge is -2.19. The van der Waals surface area contributed by atoms with Crippen molar-refractivity contribution in [2.75, 3.05) is 11.9 Å². The van der Waals surface area contributed by atoms with Crippen molar-refractivity contribution in [2.45, 2.75) is 50.0 Å². The summed E-state index contributed by atoms with van der Waals surface area (Å²) in [5, 5.41) is 25.1. The first-order valence-electron chi connectivity index (χ1n) is 11.0. The van der Waals surface area contributed by atoms with E-state index in [4.69, 9.17) is 5.41 Å². The van der Waals surface area contributed by atoms with E-state index in [1.54, 1.807) is 33.8 Å². The number of aliphatic hydroxyl groups excluding tert-OH is 1. The van der Waals surface area contributed by atoms with Crippen LogP contribution in [0.15, 0.2) is 42.9 Å². The topological polar surface area (TPSA) is 106 Å². The Balaban J connectivity index is 1.49. The number of halogens is 3. The molecular weight excluding hydrogens is 449 g/mol. The number of rotatable bonds is 6. The summed E-state index contributed by atoms with van der Waals surface area (Å²) in [4.78, 5) is 19.1. The van der Waals surface area contributed by atoms with E-state index in [1.165, 1.54) is 18.5 Å². The van der Waals surface area contributed by atoms with Gasteiger partial charge in [0.05, 0.1) is 35.1 Å². The van der Waals surface area contributed by atoms with Crippen LogP contribution in [0.2, 0.25) is 0 Å². The number of amides is 1. The molecule has 2 aliphatic rings. The van der Waals surface area contributed by atoms with Gasteiger partial charge in [0.1, 0.15) is 12.2 Å². The number of piperidine rings is 1. The van der Waals surface area contributed by atoms with Crippen LogP contribution >= 0.6 is 0 Å². The quantitative estimate of drug-likeness (QED) is 0.377. The van der Waals surface area contributed by atoms with E-state index in [9.17, 15) is 23.1 Å². The van der Waals surface area contributed by atoms with E-state index in [-0.39, 0.29) is 34.6 Å². The van der Waals surface area contributed by atoms with E-state index >= 15 is 0 Å². The van der Waals surface area contributed by atoms with Gasteiger partial charge < -0.3 is 15.3 Å². The van der Waals surface area contributed by atoms with Crippen molar-refractivity contribution in [3.05, 3.63) is 59.7 Å². The Morgan fingerprint density at radius 1 is 1.32 bits per heavy atom. The number of hydrogen-bond donors (Lipinski definition) is 3. The maximum Gasteiger partial charge on any atom is 0.405 e. The van der Waals surface area contributed by atoms with Crippen molar-refractivity contribution in [1.29, 1.82) is 5.41 Å². The first-order valence-corrected chi connectivity index (χ1v) is 11.0. The SMILES string of the molecule is CCC12CC(O)CC1N2C(=O)c1cc(NCC(F)(F)F)c(C(=N)c2cnn3ccccc23)cn1. The summed E-state index contributed by atoms with van der Waals surface area (Å²) in [6, 6.07) is 6.49. The minimum Gasteiger partial charge on any atom is -0.393 e. The molecule has 5 rings (SSSR count). The van der Waals surface area contributed by atoms with Gasteiger partial charge in [-0.1, -0.05) is 13.0 Å². The second kappa shape index (κ2) is 7.79. The van der Waals surface area contributed by atoms with Crippen LogP contribution in [0.5, 0.6) is 0 Å². The molecule has 4 heterocycles. The molecule has 0 aromatic carbocycles. The van der Waals surface area contributed by atoms with E-state index in [0.717, 1.165) is 0 Å². The van der Waals surface area contributed by atoms with Crippen LogP contribution < -0.4 is 5.32 Å². The summed E-state index contributed by atoms with van der Waals surface area (Å²) in [5.74, 6) is -0.386. The highest BCUT2D eigenvalue weighted by atomic mass is 19.4. The van der Waals surface area contributed by atoms with Gasteiger partial charge in [0.25, 0.3) is 5.91 Å². The van der Waals surface area contributed by atoms with Gasteiger partial charge in [0, 0.05) is 29.2 Å². The highest BCUT2D eigenvalue weighted by Crippen LogP contribution is 2.55. The largest absolute Gasteiger partial charge is 0.405 e. The Morgan fingerprint density at radius 2 is 2.12 bits per heavy atom. The van der Waals surface area contributed by atoms with Crippen molar-refractivity contribution in [3.63, 3.8) is 0 Å². The summed E-state index contributed by atoms with van der Waals surface area (Å²) in [6.07, 6.45) is 1.13. The molecule has 3 unspecified atom stereocenters. The molecule has 3 aromatic rings. The van der Waals surface area contributed by atoms with E-state index in [1.807, 2.05) is 6.92 Å². The molecule has 0 spiro atoms. The molecule has 178 valence electrons. The van der Waals surface area contributed by atoms with Gasteiger partial charge in [-0.25, -0.2) is 4.52 Å². The fourth-order valence-electron chi connectivity index (χ4n) is 5.15. The molecule has 34 heavy (non-hydrogen) atoms. The van der Waals surface area contributed by atoms with Gasteiger partial charge in [-0.05, 0) is 37.5 Å². The number of anilines is 1. The zero-order chi connectivity index (χ0) is 24.3. The van der Waals surface area contributed by atoms with Crippen LogP contribution in [-0.4, -0.2) is 66.6 Å². The second-order valence-electron chi connectivity index (χ2n) is 8.79. The Hall–Kier alpha value is -3.47. The average molecular weight is 472 g/mol. The lowest BCUT2D eigenvalue weighted by molar-refractivity contribution is -0.115. The van der Waals surface area contributed by atoms with Crippen LogP contribution in [-0.2, 0) is 0 Å². The molecule has 0 radical (unpaired) electrons. The molecule has 1 aliphatic carbocycles. The van der Waals surface area contributed by atoms with Gasteiger partial charge in [0.15, 0.2) is 0 Å². The predicted octanol–water partition coefficient (Wildman–Crippen LogP) is 3.25. The normalized spacial score (nSPS) is 23.7. The second-order valence-corrected chi connectivity index (χ2v) is 8.79. The smallest absolute Gasteiger partial charge is 0.393 e. The third kappa shape index (κ3) is 3.60. The number of carbonyl (C=O) groups excluding carboxylic acids is 1. The number of aromatic nitrogens is 3. The highest BCUT2D eigenvalue weighted by Gasteiger charge is 2.68. The number of likely N-dealkylation sites (tertiary alicyclic amines) is 1. The molecule has 3 atom stereocenters. The number of nitrogens with zero attached hydrogens (tertiary/aromatic N) is 4. The van der Waals surface area contributed by atoms with E-state index in [2.05, 4.69) is 15.4 Å². The summed E-state index contributed by atoms with van der Waals surface area (Å²) in [7, 11) is 0. The predicted molar refractivity (Wildman–Crippen MR) is 118 cm³/mol. The lowest BCUT2D eigenvalue weighted by Crippen LogP contribution is -2.28.